The molecule has 5 rings (SSSR count). The molecule has 1 amide bonds. The van der Waals surface area contributed by atoms with E-state index in [0.29, 0.717) is 67.8 Å². The maximum absolute atomic E-state index is 12.9. The molecule has 0 unspecified atom stereocenters. The topological polar surface area (TPSA) is 97.0 Å². The van der Waals surface area contributed by atoms with Gasteiger partial charge in [-0.05, 0) is 18.2 Å². The van der Waals surface area contributed by atoms with Crippen LogP contribution in [0.4, 0.5) is 5.95 Å². The monoisotopic (exact) mass is 384 g/mol. The number of ether oxygens (including phenoxy) is 3. The molecule has 1 saturated heterocycles. The summed E-state index contributed by atoms with van der Waals surface area (Å²) in [5, 5.41) is 0. The van der Waals surface area contributed by atoms with Gasteiger partial charge < -0.3 is 24.0 Å². The lowest BCUT2D eigenvalue weighted by atomic mass is 10.1. The van der Waals surface area contributed by atoms with Crippen LogP contribution in [0.3, 0.4) is 0 Å². The third-order valence-electron chi connectivity index (χ3n) is 5.27. The van der Waals surface area contributed by atoms with Crippen molar-refractivity contribution in [2.24, 2.45) is 0 Å². The van der Waals surface area contributed by atoms with Crippen LogP contribution in [-0.2, 0) is 17.7 Å². The van der Waals surface area contributed by atoms with Gasteiger partial charge in [-0.15, -0.1) is 0 Å². The van der Waals surface area contributed by atoms with E-state index >= 15 is 0 Å². The lowest BCUT2D eigenvalue weighted by molar-refractivity contribution is 0.0732. The zero-order chi connectivity index (χ0) is 19.1. The average Bonchev–Trinajstić information content (AvgIpc) is 3.21. The van der Waals surface area contributed by atoms with Gasteiger partial charge in [-0.25, -0.2) is 4.98 Å². The second-order valence-corrected chi connectivity index (χ2v) is 6.96. The maximum Gasteiger partial charge on any atom is 0.257 e. The summed E-state index contributed by atoms with van der Waals surface area (Å²) < 4.78 is 16.0. The van der Waals surface area contributed by atoms with Crippen molar-refractivity contribution >= 4 is 11.9 Å². The van der Waals surface area contributed by atoms with Crippen molar-refractivity contribution in [3.63, 3.8) is 0 Å². The first kappa shape index (κ1) is 17.1. The highest BCUT2D eigenvalue weighted by Gasteiger charge is 2.27. The Kier molecular flexibility index (Phi) is 4.16. The minimum Gasteiger partial charge on any atom is -0.454 e. The van der Waals surface area contributed by atoms with Crippen LogP contribution < -0.4 is 19.9 Å². The number of anilines is 1. The van der Waals surface area contributed by atoms with Gasteiger partial charge in [0.05, 0.1) is 31.0 Å². The Morgan fingerprint density at radius 1 is 1.11 bits per heavy atom. The molecular formula is C19H20N4O5. The van der Waals surface area contributed by atoms with Crippen molar-refractivity contribution in [2.45, 2.75) is 13.0 Å². The number of benzene rings is 1. The Morgan fingerprint density at radius 3 is 2.79 bits per heavy atom. The van der Waals surface area contributed by atoms with Crippen molar-refractivity contribution in [3.8, 4) is 11.5 Å². The molecule has 0 spiro atoms. The van der Waals surface area contributed by atoms with E-state index in [1.807, 2.05) is 4.90 Å². The molecule has 0 saturated carbocycles. The smallest absolute Gasteiger partial charge is 0.257 e. The predicted octanol–water partition coefficient (Wildman–Crippen LogP) is 0.534. The van der Waals surface area contributed by atoms with E-state index < -0.39 is 0 Å². The fourth-order valence-electron chi connectivity index (χ4n) is 3.72. The number of nitrogens with zero attached hydrogens (tertiary/aromatic N) is 3. The van der Waals surface area contributed by atoms with E-state index in [0.717, 1.165) is 5.69 Å². The van der Waals surface area contributed by atoms with Crippen molar-refractivity contribution < 1.29 is 19.0 Å². The van der Waals surface area contributed by atoms with Gasteiger partial charge in [-0.1, -0.05) is 0 Å². The van der Waals surface area contributed by atoms with Crippen LogP contribution in [0.15, 0.2) is 23.0 Å². The second-order valence-electron chi connectivity index (χ2n) is 6.96. The first-order valence-corrected chi connectivity index (χ1v) is 9.33. The third kappa shape index (κ3) is 2.97. The number of aromatic nitrogens is 2. The lowest BCUT2D eigenvalue weighted by Gasteiger charge is -2.30. The molecule has 1 aromatic heterocycles. The number of aromatic amines is 1. The average molecular weight is 384 g/mol. The van der Waals surface area contributed by atoms with Gasteiger partial charge in [0.1, 0.15) is 0 Å². The number of nitrogens with one attached hydrogen (secondary N) is 1. The summed E-state index contributed by atoms with van der Waals surface area (Å²) >= 11 is 0. The summed E-state index contributed by atoms with van der Waals surface area (Å²) in [6.07, 6.45) is 0.548. The summed E-state index contributed by atoms with van der Waals surface area (Å²) in [7, 11) is 0. The zero-order valence-electron chi connectivity index (χ0n) is 15.3. The fourth-order valence-corrected chi connectivity index (χ4v) is 3.72. The number of H-pyrrole nitrogens is 1. The van der Waals surface area contributed by atoms with Crippen LogP contribution in [0.1, 0.15) is 21.6 Å². The highest BCUT2D eigenvalue weighted by Crippen LogP contribution is 2.33. The maximum atomic E-state index is 12.9. The Hall–Kier alpha value is -3.07. The molecule has 146 valence electrons. The van der Waals surface area contributed by atoms with Crippen molar-refractivity contribution in [3.05, 3.63) is 45.4 Å². The molecule has 3 aliphatic heterocycles. The summed E-state index contributed by atoms with van der Waals surface area (Å²) in [5.74, 6) is 1.65. The van der Waals surface area contributed by atoms with Gasteiger partial charge in [0, 0.05) is 31.6 Å². The largest absolute Gasteiger partial charge is 0.454 e. The number of hydrogen-bond donors (Lipinski definition) is 1. The van der Waals surface area contributed by atoms with Crippen LogP contribution in [0.5, 0.6) is 11.5 Å². The van der Waals surface area contributed by atoms with Gasteiger partial charge in [-0.2, -0.15) is 0 Å². The molecule has 2 aromatic rings. The van der Waals surface area contributed by atoms with E-state index in [1.165, 1.54) is 0 Å². The Balaban J connectivity index is 1.37. The standard InChI is InChI=1S/C19H20N4O5/c24-17-13-10-23(18(25)12-1-2-15-16(9-12)28-11-27-15)4-3-14(13)20-19(21-17)22-5-7-26-8-6-22/h1-2,9H,3-8,10-11H2,(H,20,21,24). The molecule has 0 radical (unpaired) electrons. The molecule has 0 atom stereocenters. The molecule has 1 aromatic carbocycles. The first-order valence-electron chi connectivity index (χ1n) is 9.33. The Labute approximate surface area is 160 Å². The number of morpholine rings is 1. The van der Waals surface area contributed by atoms with Crippen molar-refractivity contribution in [1.82, 2.24) is 14.9 Å². The van der Waals surface area contributed by atoms with Crippen LogP contribution in [-0.4, -0.2) is 60.4 Å². The number of hydrogen-bond acceptors (Lipinski definition) is 7. The number of amides is 1. The van der Waals surface area contributed by atoms with Crippen LogP contribution >= 0.6 is 0 Å². The number of rotatable bonds is 2. The van der Waals surface area contributed by atoms with Crippen molar-refractivity contribution in [1.29, 1.82) is 0 Å². The lowest BCUT2D eigenvalue weighted by Crippen LogP contribution is -2.42. The molecule has 4 heterocycles. The molecule has 0 aliphatic carbocycles. The summed E-state index contributed by atoms with van der Waals surface area (Å²) in [5.41, 5.74) is 1.65. The molecule has 0 bridgehead atoms. The van der Waals surface area contributed by atoms with Gasteiger partial charge in [0.25, 0.3) is 11.5 Å². The van der Waals surface area contributed by atoms with E-state index in [4.69, 9.17) is 14.2 Å². The Morgan fingerprint density at radius 2 is 1.93 bits per heavy atom. The normalized spacial score (nSPS) is 18.1. The number of carbonyl (C=O) groups excluding carboxylic acids is 1. The molecule has 1 N–H and O–H groups in total. The number of carbonyl (C=O) groups is 1. The molecular weight excluding hydrogens is 364 g/mol. The minimum absolute atomic E-state index is 0.138. The van der Waals surface area contributed by atoms with Crippen LogP contribution in [0.25, 0.3) is 0 Å². The summed E-state index contributed by atoms with van der Waals surface area (Å²) in [4.78, 5) is 36.8. The molecule has 9 heteroatoms. The highest BCUT2D eigenvalue weighted by atomic mass is 16.7. The quantitative estimate of drug-likeness (QED) is 0.807. The van der Waals surface area contributed by atoms with Crippen LogP contribution in [0.2, 0.25) is 0 Å². The minimum atomic E-state index is -0.185. The van der Waals surface area contributed by atoms with Crippen LogP contribution in [0, 0.1) is 0 Å². The molecule has 3 aliphatic rings. The molecule has 9 nitrogen and oxygen atoms in total. The zero-order valence-corrected chi connectivity index (χ0v) is 15.3. The molecule has 28 heavy (non-hydrogen) atoms. The van der Waals surface area contributed by atoms with Gasteiger partial charge >= 0.3 is 0 Å². The fraction of sp³-hybridized carbons (Fsp3) is 0.421. The predicted molar refractivity (Wildman–Crippen MR) is 98.9 cm³/mol. The van der Waals surface area contributed by atoms with E-state index in [1.54, 1.807) is 23.1 Å². The summed E-state index contributed by atoms with van der Waals surface area (Å²) in [6.45, 7) is 3.58. The van der Waals surface area contributed by atoms with Gasteiger partial charge in [0.2, 0.25) is 12.7 Å². The van der Waals surface area contributed by atoms with E-state index in [-0.39, 0.29) is 24.8 Å². The number of fused-ring (bicyclic) bond motifs is 2. The summed E-state index contributed by atoms with van der Waals surface area (Å²) in [6, 6.07) is 5.13. The molecule has 1 fully saturated rings. The second kappa shape index (κ2) is 6.83. The van der Waals surface area contributed by atoms with E-state index in [2.05, 4.69) is 9.97 Å². The third-order valence-corrected chi connectivity index (χ3v) is 5.27. The van der Waals surface area contributed by atoms with Gasteiger partial charge in [-0.3, -0.25) is 14.6 Å². The van der Waals surface area contributed by atoms with Crippen molar-refractivity contribution in [2.75, 3.05) is 44.5 Å². The first-order chi connectivity index (χ1) is 13.7. The Bertz CT molecular complexity index is 983. The van der Waals surface area contributed by atoms with Gasteiger partial charge in [0.15, 0.2) is 11.5 Å². The van der Waals surface area contributed by atoms with E-state index in [9.17, 15) is 9.59 Å². The SMILES string of the molecule is O=C(c1ccc2c(c1)OCO2)N1CCc2nc(N3CCOCC3)[nH]c(=O)c2C1. The highest BCUT2D eigenvalue weighted by molar-refractivity contribution is 5.95.